The van der Waals surface area contributed by atoms with Crippen molar-refractivity contribution < 1.29 is 9.90 Å². The molecule has 0 aliphatic rings. The molecule has 2 heteroatoms. The van der Waals surface area contributed by atoms with Gasteiger partial charge in [-0.1, -0.05) is 27.2 Å². The SMILES string of the molecule is CCC(C)CC(C)CC(O)CC=O. The van der Waals surface area contributed by atoms with Crippen LogP contribution in [0.15, 0.2) is 0 Å². The Balaban J connectivity index is 3.59. The molecule has 0 heterocycles. The van der Waals surface area contributed by atoms with E-state index in [2.05, 4.69) is 20.8 Å². The second kappa shape index (κ2) is 7.07. The van der Waals surface area contributed by atoms with Crippen LogP contribution in [0.25, 0.3) is 0 Å². The van der Waals surface area contributed by atoms with Gasteiger partial charge < -0.3 is 9.90 Å². The maximum Gasteiger partial charge on any atom is 0.122 e. The summed E-state index contributed by atoms with van der Waals surface area (Å²) >= 11 is 0. The number of hydrogen-bond donors (Lipinski definition) is 1. The fourth-order valence-electron chi connectivity index (χ4n) is 1.62. The summed E-state index contributed by atoms with van der Waals surface area (Å²) in [5.74, 6) is 1.24. The summed E-state index contributed by atoms with van der Waals surface area (Å²) in [7, 11) is 0. The molecule has 3 atom stereocenters. The van der Waals surface area contributed by atoms with Gasteiger partial charge in [0.25, 0.3) is 0 Å². The van der Waals surface area contributed by atoms with Crippen molar-refractivity contribution in [1.29, 1.82) is 0 Å². The van der Waals surface area contributed by atoms with Crippen molar-refractivity contribution in [3.05, 3.63) is 0 Å². The van der Waals surface area contributed by atoms with Gasteiger partial charge in [-0.2, -0.15) is 0 Å². The molecule has 0 aliphatic carbocycles. The molecule has 0 radical (unpaired) electrons. The average molecular weight is 186 g/mol. The molecule has 0 saturated heterocycles. The maximum absolute atomic E-state index is 10.1. The fourth-order valence-corrected chi connectivity index (χ4v) is 1.62. The Kier molecular flexibility index (Phi) is 6.87. The summed E-state index contributed by atoms with van der Waals surface area (Å²) < 4.78 is 0. The third-order valence-corrected chi connectivity index (χ3v) is 2.54. The topological polar surface area (TPSA) is 37.3 Å². The second-order valence-corrected chi connectivity index (χ2v) is 4.15. The summed E-state index contributed by atoms with van der Waals surface area (Å²) in [5.41, 5.74) is 0. The maximum atomic E-state index is 10.1. The monoisotopic (exact) mass is 186 g/mol. The lowest BCUT2D eigenvalue weighted by molar-refractivity contribution is -0.109. The number of aldehydes is 1. The lowest BCUT2D eigenvalue weighted by atomic mass is 9.91. The molecule has 0 amide bonds. The molecule has 0 spiro atoms. The standard InChI is InChI=1S/C11H22O2/c1-4-9(2)7-10(3)8-11(13)5-6-12/h6,9-11,13H,4-5,7-8H2,1-3H3. The smallest absolute Gasteiger partial charge is 0.122 e. The van der Waals surface area contributed by atoms with E-state index >= 15 is 0 Å². The van der Waals surface area contributed by atoms with E-state index in [0.29, 0.717) is 5.92 Å². The van der Waals surface area contributed by atoms with E-state index in [-0.39, 0.29) is 6.42 Å². The van der Waals surface area contributed by atoms with Crippen LogP contribution in [0.2, 0.25) is 0 Å². The molecule has 13 heavy (non-hydrogen) atoms. The number of carbonyl (C=O) groups is 1. The van der Waals surface area contributed by atoms with E-state index in [9.17, 15) is 9.90 Å². The minimum Gasteiger partial charge on any atom is -0.393 e. The fraction of sp³-hybridized carbons (Fsp3) is 0.909. The van der Waals surface area contributed by atoms with Gasteiger partial charge in [0.1, 0.15) is 6.29 Å². The lowest BCUT2D eigenvalue weighted by Crippen LogP contribution is -2.14. The molecule has 0 rings (SSSR count). The van der Waals surface area contributed by atoms with Gasteiger partial charge in [-0.15, -0.1) is 0 Å². The van der Waals surface area contributed by atoms with Gasteiger partial charge in [0.2, 0.25) is 0 Å². The summed E-state index contributed by atoms with van der Waals surface area (Å²) in [5, 5.41) is 9.37. The van der Waals surface area contributed by atoms with Crippen LogP contribution < -0.4 is 0 Å². The number of aliphatic hydroxyl groups excluding tert-OH is 1. The predicted octanol–water partition coefficient (Wildman–Crippen LogP) is 2.40. The van der Waals surface area contributed by atoms with Crippen LogP contribution >= 0.6 is 0 Å². The molecule has 1 N–H and O–H groups in total. The van der Waals surface area contributed by atoms with E-state index in [1.807, 2.05) is 0 Å². The zero-order valence-electron chi connectivity index (χ0n) is 8.99. The minimum absolute atomic E-state index is 0.283. The number of aliphatic hydroxyl groups is 1. The Bertz CT molecular complexity index is 134. The van der Waals surface area contributed by atoms with Gasteiger partial charge in [-0.25, -0.2) is 0 Å². The molecule has 78 valence electrons. The summed E-state index contributed by atoms with van der Waals surface area (Å²) in [6, 6.07) is 0. The van der Waals surface area contributed by atoms with Crippen LogP contribution in [0, 0.1) is 11.8 Å². The molecule has 0 bridgehead atoms. The highest BCUT2D eigenvalue weighted by Crippen LogP contribution is 2.19. The van der Waals surface area contributed by atoms with Crippen LogP contribution in [-0.4, -0.2) is 17.5 Å². The summed E-state index contributed by atoms with van der Waals surface area (Å²) in [4.78, 5) is 10.1. The lowest BCUT2D eigenvalue weighted by Gasteiger charge is -2.17. The second-order valence-electron chi connectivity index (χ2n) is 4.15. The molecule has 0 fully saturated rings. The Morgan fingerprint density at radius 1 is 1.23 bits per heavy atom. The van der Waals surface area contributed by atoms with Crippen molar-refractivity contribution in [2.45, 2.75) is 52.6 Å². The number of carbonyl (C=O) groups excluding carboxylic acids is 1. The first-order valence-corrected chi connectivity index (χ1v) is 5.21. The number of hydrogen-bond acceptors (Lipinski definition) is 2. The van der Waals surface area contributed by atoms with Crippen molar-refractivity contribution in [3.63, 3.8) is 0 Å². The highest BCUT2D eigenvalue weighted by molar-refractivity contribution is 5.49. The Labute approximate surface area is 81.3 Å². The first-order chi connectivity index (χ1) is 6.10. The number of rotatable bonds is 7. The van der Waals surface area contributed by atoms with Crippen molar-refractivity contribution >= 4 is 6.29 Å². The van der Waals surface area contributed by atoms with Gasteiger partial charge in [0.15, 0.2) is 0 Å². The third kappa shape index (κ3) is 6.76. The predicted molar refractivity (Wildman–Crippen MR) is 54.5 cm³/mol. The zero-order valence-corrected chi connectivity index (χ0v) is 8.99. The van der Waals surface area contributed by atoms with Gasteiger partial charge in [-0.3, -0.25) is 0 Å². The van der Waals surface area contributed by atoms with E-state index < -0.39 is 6.10 Å². The molecular formula is C11H22O2. The quantitative estimate of drug-likeness (QED) is 0.620. The average Bonchev–Trinajstić information content (AvgIpc) is 2.04. The normalized spacial score (nSPS) is 17.8. The zero-order chi connectivity index (χ0) is 10.3. The van der Waals surface area contributed by atoms with Crippen LogP contribution in [-0.2, 0) is 4.79 Å². The molecule has 3 unspecified atom stereocenters. The van der Waals surface area contributed by atoms with Crippen LogP contribution in [0.4, 0.5) is 0 Å². The van der Waals surface area contributed by atoms with Crippen LogP contribution in [0.3, 0.4) is 0 Å². The van der Waals surface area contributed by atoms with E-state index in [0.717, 1.165) is 25.0 Å². The van der Waals surface area contributed by atoms with E-state index in [4.69, 9.17) is 0 Å². The first kappa shape index (κ1) is 12.6. The molecule has 0 aromatic rings. The van der Waals surface area contributed by atoms with Gasteiger partial charge >= 0.3 is 0 Å². The first-order valence-electron chi connectivity index (χ1n) is 5.21. The minimum atomic E-state index is -0.434. The Morgan fingerprint density at radius 3 is 2.31 bits per heavy atom. The molecule has 0 aromatic heterocycles. The van der Waals surface area contributed by atoms with Crippen LogP contribution in [0.1, 0.15) is 46.5 Å². The van der Waals surface area contributed by atoms with Gasteiger partial charge in [0, 0.05) is 6.42 Å². The van der Waals surface area contributed by atoms with Crippen molar-refractivity contribution in [2.75, 3.05) is 0 Å². The molecule has 0 aromatic carbocycles. The highest BCUT2D eigenvalue weighted by atomic mass is 16.3. The van der Waals surface area contributed by atoms with E-state index in [1.54, 1.807) is 0 Å². The molecular weight excluding hydrogens is 164 g/mol. The largest absolute Gasteiger partial charge is 0.393 e. The molecule has 2 nitrogen and oxygen atoms in total. The van der Waals surface area contributed by atoms with E-state index in [1.165, 1.54) is 6.42 Å². The Hall–Kier alpha value is -0.370. The van der Waals surface area contributed by atoms with Gasteiger partial charge in [0.05, 0.1) is 6.10 Å². The van der Waals surface area contributed by atoms with Gasteiger partial charge in [-0.05, 0) is 24.7 Å². The van der Waals surface area contributed by atoms with Crippen molar-refractivity contribution in [2.24, 2.45) is 11.8 Å². The highest BCUT2D eigenvalue weighted by Gasteiger charge is 2.12. The van der Waals surface area contributed by atoms with Crippen molar-refractivity contribution in [3.8, 4) is 0 Å². The summed E-state index contributed by atoms with van der Waals surface area (Å²) in [6.07, 6.45) is 3.73. The third-order valence-electron chi connectivity index (χ3n) is 2.54. The molecule has 0 aliphatic heterocycles. The summed E-state index contributed by atoms with van der Waals surface area (Å²) in [6.45, 7) is 6.54. The Morgan fingerprint density at radius 2 is 1.85 bits per heavy atom. The van der Waals surface area contributed by atoms with Crippen LogP contribution in [0.5, 0.6) is 0 Å². The van der Waals surface area contributed by atoms with Crippen molar-refractivity contribution in [1.82, 2.24) is 0 Å². The molecule has 0 saturated carbocycles.